The molecule has 684 valence electrons. The van der Waals surface area contributed by atoms with E-state index in [1.807, 2.05) is 18.6 Å². The Kier molecular flexibility index (Phi) is 18.5. The predicted molar refractivity (Wildman–Crippen MR) is 620 cm³/mol. The summed E-state index contributed by atoms with van der Waals surface area (Å²) in [7, 11) is 0. The number of thiophene rings is 3. The minimum absolute atomic E-state index is 0.993. The van der Waals surface area contributed by atoms with Crippen molar-refractivity contribution in [2.45, 2.75) is 0 Å². The molecule has 15 heteroatoms. The summed E-state index contributed by atoms with van der Waals surface area (Å²) in [5, 5.41) is 25.9. The maximum Gasteiger partial charge on any atom is 0.116 e. The smallest absolute Gasteiger partial charge is 0.116 e. The average molecular weight is 1930 g/mol. The lowest BCUT2D eigenvalue weighted by Gasteiger charge is -2.15. The molecule has 147 heavy (non-hydrogen) atoms. The zero-order valence-corrected chi connectivity index (χ0v) is 81.1. The molecule has 0 aliphatic carbocycles. The number of fused-ring (bicyclic) bond motifs is 42. The third-order valence-electron chi connectivity index (χ3n) is 30.1. The van der Waals surface area contributed by atoms with Crippen LogP contribution < -0.4 is 0 Å². The number of rotatable bonds is 9. The fraction of sp³-hybridized carbons (Fsp3) is 0. The molecule has 0 unspecified atom stereocenters. The van der Waals surface area contributed by atoms with E-state index in [0.29, 0.717) is 0 Å². The van der Waals surface area contributed by atoms with Gasteiger partial charge in [0.25, 0.3) is 0 Å². The lowest BCUT2D eigenvalue weighted by atomic mass is 9.94. The number of nitrogens with zero attached hydrogens (tertiary/aromatic N) is 12. The molecular weight excluding hydrogens is 1850 g/mol. The normalized spacial score (nSPS) is 12.1. The van der Waals surface area contributed by atoms with Crippen LogP contribution in [0.25, 0.3) is 292 Å². The van der Waals surface area contributed by atoms with Crippen molar-refractivity contribution >= 4 is 258 Å². The summed E-state index contributed by atoms with van der Waals surface area (Å²) in [6, 6.07) is 158. The van der Waals surface area contributed by atoms with E-state index in [9.17, 15) is 0 Å². The highest BCUT2D eigenvalue weighted by Gasteiger charge is 2.33. The van der Waals surface area contributed by atoms with Crippen LogP contribution in [0, 0.1) is 0 Å². The molecule has 12 nitrogen and oxygen atoms in total. The van der Waals surface area contributed by atoms with Gasteiger partial charge in [0, 0.05) is 134 Å². The minimum atomic E-state index is 0.993. The number of aromatic nitrogens is 12. The highest BCUT2D eigenvalue weighted by atomic mass is 32.1. The van der Waals surface area contributed by atoms with Crippen LogP contribution in [0.3, 0.4) is 0 Å². The van der Waals surface area contributed by atoms with E-state index < -0.39 is 0 Å². The fourth-order valence-electron chi connectivity index (χ4n) is 24.2. The molecule has 33 rings (SSSR count). The van der Waals surface area contributed by atoms with E-state index in [2.05, 4.69) is 479 Å². The molecule has 0 aliphatic rings. The number of benzene rings is 21. The Morgan fingerprint density at radius 1 is 0.156 bits per heavy atom. The van der Waals surface area contributed by atoms with Gasteiger partial charge >= 0.3 is 0 Å². The molecule has 0 aliphatic heterocycles. The molecule has 0 fully saturated rings. The molecule has 0 bridgehead atoms. The molecule has 0 radical (unpaired) electrons. The maximum atomic E-state index is 4.96. The second-order valence-electron chi connectivity index (χ2n) is 37.8. The molecule has 0 saturated heterocycles. The Hall–Kier alpha value is -18.9. The van der Waals surface area contributed by atoms with Crippen molar-refractivity contribution in [2.75, 3.05) is 0 Å². The molecule has 0 N–H and O–H groups in total. The first kappa shape index (κ1) is 82.8. The number of hydrogen-bond acceptors (Lipinski definition) is 9. The lowest BCUT2D eigenvalue weighted by Crippen LogP contribution is -1.97. The molecule has 21 aromatic carbocycles. The zero-order valence-electron chi connectivity index (χ0n) is 78.6. The molecule has 0 spiro atoms. The van der Waals surface area contributed by atoms with Crippen molar-refractivity contribution in [3.05, 3.63) is 474 Å². The Labute approximate surface area is 850 Å². The molecule has 12 heterocycles. The van der Waals surface area contributed by atoms with Gasteiger partial charge in [-0.3, -0.25) is 0 Å². The lowest BCUT2D eigenvalue weighted by molar-refractivity contribution is 1.18. The zero-order chi connectivity index (χ0) is 96.2. The van der Waals surface area contributed by atoms with Gasteiger partial charge in [0.05, 0.1) is 111 Å². The average Bonchev–Trinajstić information content (AvgIpc) is 1.52. The van der Waals surface area contributed by atoms with E-state index in [-0.39, 0.29) is 0 Å². The summed E-state index contributed by atoms with van der Waals surface area (Å²) in [5.74, 6) is 0. The van der Waals surface area contributed by atoms with Gasteiger partial charge < -0.3 is 27.4 Å². The SMILES string of the molecule is c1ccc(-c2cc(-c3ccccc3)cc(-n3c4ccccc4c4c5c6ncncc6sc5c5c(c6ccccc6n5-c5ccccc5)c43)c2)cc1.c1ccc(-c2ccc(-n3c4ccccc4c4c5c6ncncc6sc5c5c(c6ccccc6n5-c5ccccc5)c43)cc2)cc1.c1ccc(-n2c3ccccc3c3c2c2sc4cncnc4c2c2c4ccccc4n(-c4ccc5c6ccccc6c6ccccc6c5c4)c23)cc1. The summed E-state index contributed by atoms with van der Waals surface area (Å²) in [4.78, 5) is 28.2. The standard InChI is InChI=1S/C46H26N4S.C46H28N4S.C40H24N4S/c1-2-12-27(13-3-1)49-38-21-11-9-19-35(38)41-44-40(42-43-39(25-47-26-48-43)51-46(42)45(41)49)34-18-8-10-20-37(34)50(44)28-22-23-33-31-16-5-4-14-29(31)30-15-6-7-17-32(30)36(33)24-28;1-4-14-29(15-5-1)31-24-32(30-16-6-2-7-17-30)26-34(25-31)50-37-22-12-10-20-35(37)40-42-43-39(27-47-28-48-43)51-46(42)45-41(44(40)50)36-21-11-13-23-38(36)49(45)33-18-8-3-9-19-33;1-3-11-25(12-4-1)26-19-21-28(22-20-26)43-31-17-9-7-15-29(31)34-36-37-33(23-41-24-42-37)45-40(36)39-35(38(34)43)30-16-8-10-18-32(30)44(39)27-13-5-2-6-14-27/h1-26H;1-28H;1-24H. The topological polar surface area (TPSA) is 107 Å². The van der Waals surface area contributed by atoms with Crippen molar-refractivity contribution in [2.24, 2.45) is 0 Å². The Morgan fingerprint density at radius 2 is 0.395 bits per heavy atom. The maximum absolute atomic E-state index is 4.96. The van der Waals surface area contributed by atoms with Gasteiger partial charge in [0.2, 0.25) is 0 Å². The van der Waals surface area contributed by atoms with E-state index >= 15 is 0 Å². The minimum Gasteiger partial charge on any atom is -0.309 e. The second-order valence-corrected chi connectivity index (χ2v) is 41.0. The Balaban J connectivity index is 0.000000100. The van der Waals surface area contributed by atoms with Gasteiger partial charge in [0.1, 0.15) is 19.0 Å². The van der Waals surface area contributed by atoms with Gasteiger partial charge in [-0.15, -0.1) is 34.0 Å². The number of hydrogen-bond donors (Lipinski definition) is 0. The fourth-order valence-corrected chi connectivity index (χ4v) is 27.7. The highest BCUT2D eigenvalue weighted by molar-refractivity contribution is 7.28. The van der Waals surface area contributed by atoms with E-state index in [1.54, 1.807) is 53.0 Å². The summed E-state index contributed by atoms with van der Waals surface area (Å²) in [6.45, 7) is 0. The van der Waals surface area contributed by atoms with Crippen molar-refractivity contribution in [1.29, 1.82) is 0 Å². The molecule has 0 amide bonds. The quantitative estimate of drug-likeness (QED) is 0.133. The first-order valence-electron chi connectivity index (χ1n) is 49.5. The van der Waals surface area contributed by atoms with E-state index in [1.165, 1.54) is 221 Å². The molecular formula is C132H78N12S3. The van der Waals surface area contributed by atoms with Gasteiger partial charge in [-0.05, 0) is 181 Å². The van der Waals surface area contributed by atoms with Crippen molar-refractivity contribution < 1.29 is 0 Å². The summed E-state index contributed by atoms with van der Waals surface area (Å²) in [5.41, 5.74) is 31.2. The van der Waals surface area contributed by atoms with Crippen LogP contribution >= 0.6 is 34.0 Å². The Bertz CT molecular complexity index is 11200. The summed E-state index contributed by atoms with van der Waals surface area (Å²) in [6.07, 6.45) is 11.0. The Morgan fingerprint density at radius 3 is 0.728 bits per heavy atom. The monoisotopic (exact) mass is 1930 g/mol. The van der Waals surface area contributed by atoms with Crippen LogP contribution in [-0.2, 0) is 0 Å². The molecule has 12 aromatic heterocycles. The van der Waals surface area contributed by atoms with Gasteiger partial charge in [-0.25, -0.2) is 29.9 Å². The third-order valence-corrected chi connectivity index (χ3v) is 33.4. The van der Waals surface area contributed by atoms with Crippen molar-refractivity contribution in [3.63, 3.8) is 0 Å². The van der Waals surface area contributed by atoms with Gasteiger partial charge in [-0.2, -0.15) is 0 Å². The number of para-hydroxylation sites is 9. The second kappa shape index (κ2) is 32.8. The van der Waals surface area contributed by atoms with Crippen LogP contribution in [0.4, 0.5) is 0 Å². The summed E-state index contributed by atoms with van der Waals surface area (Å²) < 4.78 is 21.8. The van der Waals surface area contributed by atoms with Crippen LogP contribution in [0.1, 0.15) is 0 Å². The molecule has 0 atom stereocenters. The van der Waals surface area contributed by atoms with Gasteiger partial charge in [-0.1, -0.05) is 322 Å². The van der Waals surface area contributed by atoms with E-state index in [0.717, 1.165) is 70.3 Å². The first-order valence-corrected chi connectivity index (χ1v) is 51.9. The van der Waals surface area contributed by atoms with E-state index in [4.69, 9.17) is 15.0 Å². The van der Waals surface area contributed by atoms with Crippen LogP contribution in [0.5, 0.6) is 0 Å². The van der Waals surface area contributed by atoms with Crippen molar-refractivity contribution in [3.8, 4) is 67.5 Å². The van der Waals surface area contributed by atoms with Crippen LogP contribution in [0.2, 0.25) is 0 Å². The van der Waals surface area contributed by atoms with Gasteiger partial charge in [0.15, 0.2) is 0 Å². The highest BCUT2D eigenvalue weighted by Crippen LogP contribution is 2.57. The summed E-state index contributed by atoms with van der Waals surface area (Å²) >= 11 is 5.37. The van der Waals surface area contributed by atoms with Crippen molar-refractivity contribution in [1.82, 2.24) is 57.3 Å². The third kappa shape index (κ3) is 12.4. The van der Waals surface area contributed by atoms with Crippen LogP contribution in [-0.4, -0.2) is 57.3 Å². The van der Waals surface area contributed by atoms with Crippen LogP contribution in [0.15, 0.2) is 474 Å². The predicted octanol–water partition coefficient (Wildman–Crippen LogP) is 35.6. The molecule has 0 saturated carbocycles. The first-order chi connectivity index (χ1) is 73.0. The largest absolute Gasteiger partial charge is 0.309 e. The molecule has 33 aromatic rings.